The molecule has 0 fully saturated rings. The van der Waals surface area contributed by atoms with Crippen LogP contribution in [-0.2, 0) is 4.79 Å². The summed E-state index contributed by atoms with van der Waals surface area (Å²) < 4.78 is 0. The van der Waals surface area contributed by atoms with Crippen LogP contribution in [0.2, 0.25) is 0 Å². The Bertz CT molecular complexity index is 238. The Morgan fingerprint density at radius 3 is 2.92 bits per heavy atom. The highest BCUT2D eigenvalue weighted by Crippen LogP contribution is 2.13. The van der Waals surface area contributed by atoms with Gasteiger partial charge in [0, 0.05) is 31.2 Å². The molecule has 0 amide bonds. The molecule has 0 unspecified atom stereocenters. The lowest BCUT2D eigenvalue weighted by Gasteiger charge is -2.02. The third-order valence-corrected chi connectivity index (χ3v) is 2.09. The van der Waals surface area contributed by atoms with Gasteiger partial charge in [-0.2, -0.15) is 0 Å². The number of hydrogen-bond donors (Lipinski definition) is 0. The van der Waals surface area contributed by atoms with E-state index in [1.165, 1.54) is 0 Å². The minimum Gasteiger partial charge on any atom is -0.299 e. The van der Waals surface area contributed by atoms with Gasteiger partial charge in [0.25, 0.3) is 0 Å². The fraction of sp³-hybridized carbons (Fsp3) is 0.636. The Hall–Kier alpha value is -0.920. The molecule has 0 aromatic heterocycles. The second kappa shape index (κ2) is 4.95. The summed E-state index contributed by atoms with van der Waals surface area (Å²) in [4.78, 5) is 15.5. The van der Waals surface area contributed by atoms with Crippen LogP contribution in [0.15, 0.2) is 16.8 Å². The summed E-state index contributed by atoms with van der Waals surface area (Å²) in [6.45, 7) is 4.28. The van der Waals surface area contributed by atoms with Crippen LogP contribution in [0, 0.1) is 5.92 Å². The minimum absolute atomic E-state index is 0.319. The Morgan fingerprint density at radius 1 is 1.62 bits per heavy atom. The van der Waals surface area contributed by atoms with Crippen LogP contribution < -0.4 is 0 Å². The molecule has 2 heteroatoms. The molecule has 1 aliphatic rings. The molecule has 72 valence electrons. The Morgan fingerprint density at radius 2 is 2.38 bits per heavy atom. The average Bonchev–Trinajstić information content (AvgIpc) is 2.53. The molecule has 2 nitrogen and oxygen atoms in total. The molecule has 0 spiro atoms. The highest BCUT2D eigenvalue weighted by atomic mass is 16.1. The van der Waals surface area contributed by atoms with Crippen LogP contribution >= 0.6 is 0 Å². The molecule has 0 aromatic carbocycles. The maximum atomic E-state index is 11.4. The van der Waals surface area contributed by atoms with Crippen molar-refractivity contribution in [3.63, 3.8) is 0 Å². The largest absolute Gasteiger partial charge is 0.299 e. The van der Waals surface area contributed by atoms with Crippen LogP contribution in [-0.4, -0.2) is 12.0 Å². The first-order chi connectivity index (χ1) is 6.18. The maximum Gasteiger partial charge on any atom is 0.138 e. The van der Waals surface area contributed by atoms with Gasteiger partial charge in [0.05, 0.1) is 0 Å². The second-order valence-corrected chi connectivity index (χ2v) is 3.89. The molecule has 1 aliphatic heterocycles. The SMILES string of the molecule is CC(C)CCC(=O)CC1=CCC=N1. The number of nitrogens with zero attached hydrogens (tertiary/aromatic N) is 1. The van der Waals surface area contributed by atoms with Crippen molar-refractivity contribution in [2.75, 3.05) is 0 Å². The van der Waals surface area contributed by atoms with E-state index in [0.29, 0.717) is 24.5 Å². The first-order valence-corrected chi connectivity index (χ1v) is 4.91. The molecule has 0 saturated heterocycles. The minimum atomic E-state index is 0.319. The van der Waals surface area contributed by atoms with Crippen molar-refractivity contribution in [3.8, 4) is 0 Å². The molecular formula is C11H17NO. The summed E-state index contributed by atoms with van der Waals surface area (Å²) in [7, 11) is 0. The molecule has 0 bridgehead atoms. The summed E-state index contributed by atoms with van der Waals surface area (Å²) >= 11 is 0. The average molecular weight is 179 g/mol. The first-order valence-electron chi connectivity index (χ1n) is 4.91. The number of rotatable bonds is 5. The molecule has 0 radical (unpaired) electrons. The number of carbonyl (C=O) groups is 1. The van der Waals surface area contributed by atoms with E-state index in [-0.39, 0.29) is 0 Å². The number of hydrogen-bond acceptors (Lipinski definition) is 2. The zero-order chi connectivity index (χ0) is 9.68. The van der Waals surface area contributed by atoms with Crippen molar-refractivity contribution < 1.29 is 4.79 Å². The molecule has 1 heterocycles. The van der Waals surface area contributed by atoms with Crippen molar-refractivity contribution in [3.05, 3.63) is 11.8 Å². The lowest BCUT2D eigenvalue weighted by atomic mass is 10.0. The standard InChI is InChI=1S/C11H17NO/c1-9(2)5-6-11(13)8-10-4-3-7-12-10/h4,7,9H,3,5-6,8H2,1-2H3. The zero-order valence-corrected chi connectivity index (χ0v) is 8.42. The van der Waals surface area contributed by atoms with E-state index in [0.717, 1.165) is 18.5 Å². The van der Waals surface area contributed by atoms with Crippen molar-refractivity contribution in [1.82, 2.24) is 0 Å². The van der Waals surface area contributed by atoms with E-state index < -0.39 is 0 Å². The third-order valence-electron chi connectivity index (χ3n) is 2.09. The van der Waals surface area contributed by atoms with Gasteiger partial charge in [0.15, 0.2) is 0 Å². The molecule has 0 aromatic rings. The molecule has 13 heavy (non-hydrogen) atoms. The van der Waals surface area contributed by atoms with E-state index in [2.05, 4.69) is 18.8 Å². The smallest absolute Gasteiger partial charge is 0.138 e. The lowest BCUT2D eigenvalue weighted by molar-refractivity contribution is -0.118. The lowest BCUT2D eigenvalue weighted by Crippen LogP contribution is -2.00. The first kappa shape index (κ1) is 10.2. The van der Waals surface area contributed by atoms with Gasteiger partial charge in [0.1, 0.15) is 5.78 Å². The van der Waals surface area contributed by atoms with Gasteiger partial charge in [-0.05, 0) is 12.3 Å². The number of allylic oxidation sites excluding steroid dienone is 2. The molecular weight excluding hydrogens is 162 g/mol. The van der Waals surface area contributed by atoms with Crippen LogP contribution in [0.5, 0.6) is 0 Å². The van der Waals surface area contributed by atoms with Gasteiger partial charge in [-0.1, -0.05) is 19.9 Å². The summed E-state index contributed by atoms with van der Waals surface area (Å²) in [6, 6.07) is 0. The van der Waals surface area contributed by atoms with Crippen molar-refractivity contribution >= 4 is 12.0 Å². The molecule has 0 atom stereocenters. The Kier molecular flexibility index (Phi) is 3.87. The maximum absolute atomic E-state index is 11.4. The summed E-state index contributed by atoms with van der Waals surface area (Å²) in [5.41, 5.74) is 0.953. The quantitative estimate of drug-likeness (QED) is 0.638. The molecule has 0 saturated carbocycles. The second-order valence-electron chi connectivity index (χ2n) is 3.89. The normalized spacial score (nSPS) is 15.2. The van der Waals surface area contributed by atoms with Crippen molar-refractivity contribution in [1.29, 1.82) is 0 Å². The van der Waals surface area contributed by atoms with E-state index in [9.17, 15) is 4.79 Å². The van der Waals surface area contributed by atoms with Crippen LogP contribution in [0.25, 0.3) is 0 Å². The van der Waals surface area contributed by atoms with Gasteiger partial charge in [-0.3, -0.25) is 9.79 Å². The van der Waals surface area contributed by atoms with Crippen LogP contribution in [0.1, 0.15) is 39.5 Å². The Balaban J connectivity index is 2.21. The number of carbonyl (C=O) groups excluding carboxylic acids is 1. The topological polar surface area (TPSA) is 29.4 Å². The predicted octanol–water partition coefficient (Wildman–Crippen LogP) is 2.74. The van der Waals surface area contributed by atoms with Gasteiger partial charge in [-0.25, -0.2) is 0 Å². The van der Waals surface area contributed by atoms with Gasteiger partial charge >= 0.3 is 0 Å². The van der Waals surface area contributed by atoms with E-state index in [1.54, 1.807) is 0 Å². The third kappa shape index (κ3) is 4.02. The van der Waals surface area contributed by atoms with Crippen molar-refractivity contribution in [2.45, 2.75) is 39.5 Å². The van der Waals surface area contributed by atoms with Gasteiger partial charge in [0.2, 0.25) is 0 Å². The Labute approximate surface area is 79.8 Å². The molecule has 0 N–H and O–H groups in total. The summed E-state index contributed by atoms with van der Waals surface area (Å²) in [5, 5.41) is 0. The monoisotopic (exact) mass is 179 g/mol. The predicted molar refractivity (Wildman–Crippen MR) is 54.9 cm³/mol. The van der Waals surface area contributed by atoms with Gasteiger partial charge in [-0.15, -0.1) is 0 Å². The number of Topliss-reactive ketones (excluding diaryl/α,β-unsaturated/α-hetero) is 1. The molecule has 0 aliphatic carbocycles. The summed E-state index contributed by atoms with van der Waals surface area (Å²) in [5.74, 6) is 0.934. The van der Waals surface area contributed by atoms with Crippen molar-refractivity contribution in [2.24, 2.45) is 10.9 Å². The fourth-order valence-electron chi connectivity index (χ4n) is 1.27. The highest BCUT2D eigenvalue weighted by molar-refractivity contribution is 5.82. The van der Waals surface area contributed by atoms with Crippen LogP contribution in [0.3, 0.4) is 0 Å². The zero-order valence-electron chi connectivity index (χ0n) is 8.42. The highest BCUT2D eigenvalue weighted by Gasteiger charge is 2.07. The summed E-state index contributed by atoms with van der Waals surface area (Å²) in [6.07, 6.45) is 6.99. The van der Waals surface area contributed by atoms with E-state index >= 15 is 0 Å². The van der Waals surface area contributed by atoms with Crippen LogP contribution in [0.4, 0.5) is 0 Å². The van der Waals surface area contributed by atoms with E-state index in [1.807, 2.05) is 12.3 Å². The number of aliphatic imine (C=N–C) groups is 1. The van der Waals surface area contributed by atoms with Gasteiger partial charge < -0.3 is 0 Å². The molecule has 1 rings (SSSR count). The van der Waals surface area contributed by atoms with E-state index in [4.69, 9.17) is 0 Å². The number of ketones is 1. The fourth-order valence-corrected chi connectivity index (χ4v) is 1.27.